The monoisotopic (exact) mass is 250 g/mol. The van der Waals surface area contributed by atoms with E-state index in [4.69, 9.17) is 5.73 Å². The van der Waals surface area contributed by atoms with Crippen LogP contribution in [0, 0.1) is 11.7 Å². The van der Waals surface area contributed by atoms with Gasteiger partial charge in [-0.3, -0.25) is 0 Å². The normalized spacial score (nSPS) is 16.7. The fraction of sp³-hybridized carbons (Fsp3) is 0.600. The van der Waals surface area contributed by atoms with Gasteiger partial charge in [-0.2, -0.15) is 0 Å². The number of hydrogen-bond acceptors (Lipinski definition) is 2. The molecule has 1 fully saturated rings. The summed E-state index contributed by atoms with van der Waals surface area (Å²) in [7, 11) is 0. The molecule has 2 rings (SSSR count). The number of hydrogen-bond donors (Lipinski definition) is 1. The number of nitrogens with two attached hydrogens (primary N) is 1. The minimum Gasteiger partial charge on any atom is -0.371 e. The summed E-state index contributed by atoms with van der Waals surface area (Å²) in [5, 5.41) is 0. The van der Waals surface area contributed by atoms with Crippen molar-refractivity contribution in [3.8, 4) is 0 Å². The highest BCUT2D eigenvalue weighted by atomic mass is 19.1. The highest BCUT2D eigenvalue weighted by Gasteiger charge is 2.26. The van der Waals surface area contributed by atoms with Crippen LogP contribution in [0.2, 0.25) is 0 Å². The molecule has 1 aromatic rings. The second-order valence-corrected chi connectivity index (χ2v) is 5.35. The number of rotatable bonds is 6. The van der Waals surface area contributed by atoms with Crippen molar-refractivity contribution in [2.45, 2.75) is 39.2 Å². The molecule has 0 heterocycles. The molecule has 3 heteroatoms. The van der Waals surface area contributed by atoms with E-state index in [-0.39, 0.29) is 11.9 Å². The highest BCUT2D eigenvalue weighted by Crippen LogP contribution is 2.34. The van der Waals surface area contributed by atoms with E-state index in [0.29, 0.717) is 5.56 Å². The van der Waals surface area contributed by atoms with Gasteiger partial charge >= 0.3 is 0 Å². The first-order valence-corrected chi connectivity index (χ1v) is 6.92. The summed E-state index contributed by atoms with van der Waals surface area (Å²) in [4.78, 5) is 2.31. The second kappa shape index (κ2) is 5.70. The van der Waals surface area contributed by atoms with Gasteiger partial charge in [0.25, 0.3) is 0 Å². The Morgan fingerprint density at radius 2 is 2.17 bits per heavy atom. The van der Waals surface area contributed by atoms with Gasteiger partial charge in [-0.1, -0.05) is 13.0 Å². The van der Waals surface area contributed by atoms with Gasteiger partial charge in [-0.25, -0.2) is 4.39 Å². The van der Waals surface area contributed by atoms with E-state index in [2.05, 4.69) is 11.8 Å². The zero-order chi connectivity index (χ0) is 13.1. The van der Waals surface area contributed by atoms with Crippen LogP contribution in [0.5, 0.6) is 0 Å². The molecule has 0 bridgehead atoms. The molecule has 1 atom stereocenters. The number of benzene rings is 1. The fourth-order valence-electron chi connectivity index (χ4n) is 2.44. The third kappa shape index (κ3) is 3.02. The van der Waals surface area contributed by atoms with Gasteiger partial charge in [0.2, 0.25) is 0 Å². The maximum absolute atomic E-state index is 13.9. The van der Waals surface area contributed by atoms with Gasteiger partial charge in [-0.15, -0.1) is 0 Å². The molecular formula is C15H23FN2. The van der Waals surface area contributed by atoms with Gasteiger partial charge in [0, 0.05) is 30.4 Å². The van der Waals surface area contributed by atoms with Crippen molar-refractivity contribution in [2.24, 2.45) is 11.7 Å². The van der Waals surface area contributed by atoms with E-state index in [0.717, 1.165) is 31.1 Å². The Hall–Kier alpha value is -1.09. The molecule has 0 unspecified atom stereocenters. The predicted molar refractivity (Wildman–Crippen MR) is 74.2 cm³/mol. The second-order valence-electron chi connectivity index (χ2n) is 5.35. The predicted octanol–water partition coefficient (Wildman–Crippen LogP) is 3.47. The van der Waals surface area contributed by atoms with Crippen molar-refractivity contribution in [1.82, 2.24) is 0 Å². The highest BCUT2D eigenvalue weighted by molar-refractivity contribution is 5.55. The molecule has 1 aromatic carbocycles. The summed E-state index contributed by atoms with van der Waals surface area (Å²) in [5.74, 6) is 0.611. The topological polar surface area (TPSA) is 29.3 Å². The molecule has 1 saturated carbocycles. The van der Waals surface area contributed by atoms with Crippen LogP contribution in [0.3, 0.4) is 0 Å². The smallest absolute Gasteiger partial charge is 0.130 e. The minimum atomic E-state index is -0.264. The Labute approximate surface area is 109 Å². The molecule has 18 heavy (non-hydrogen) atoms. The van der Waals surface area contributed by atoms with Crippen LogP contribution < -0.4 is 10.6 Å². The van der Waals surface area contributed by atoms with Crippen LogP contribution in [-0.2, 0) is 0 Å². The lowest BCUT2D eigenvalue weighted by molar-refractivity contribution is 0.589. The number of anilines is 1. The first-order chi connectivity index (χ1) is 8.63. The van der Waals surface area contributed by atoms with Crippen LogP contribution in [-0.4, -0.2) is 13.1 Å². The van der Waals surface area contributed by atoms with Gasteiger partial charge in [0.05, 0.1) is 0 Å². The summed E-state index contributed by atoms with van der Waals surface area (Å²) in [6.07, 6.45) is 3.69. The lowest BCUT2D eigenvalue weighted by Gasteiger charge is -2.28. The van der Waals surface area contributed by atoms with Crippen LogP contribution in [0.1, 0.15) is 44.7 Å². The van der Waals surface area contributed by atoms with Gasteiger partial charge in [-0.05, 0) is 44.2 Å². The molecule has 0 spiro atoms. The largest absolute Gasteiger partial charge is 0.371 e. The van der Waals surface area contributed by atoms with Crippen molar-refractivity contribution in [2.75, 3.05) is 18.0 Å². The molecule has 2 nitrogen and oxygen atoms in total. The van der Waals surface area contributed by atoms with E-state index in [9.17, 15) is 4.39 Å². The Morgan fingerprint density at radius 3 is 2.72 bits per heavy atom. The average molecular weight is 250 g/mol. The Kier molecular flexibility index (Phi) is 4.23. The molecule has 0 radical (unpaired) electrons. The lowest BCUT2D eigenvalue weighted by atomic mass is 10.0. The average Bonchev–Trinajstić information content (AvgIpc) is 3.11. The van der Waals surface area contributed by atoms with Crippen LogP contribution in [0.4, 0.5) is 10.1 Å². The number of nitrogens with zero attached hydrogens (tertiary/aromatic N) is 1. The van der Waals surface area contributed by atoms with Crippen molar-refractivity contribution in [1.29, 1.82) is 0 Å². The summed E-state index contributed by atoms with van der Waals surface area (Å²) >= 11 is 0. The molecule has 1 aliphatic carbocycles. The molecule has 0 saturated heterocycles. The summed E-state index contributed by atoms with van der Waals surface area (Å²) in [5.41, 5.74) is 7.57. The zero-order valence-corrected chi connectivity index (χ0v) is 11.3. The SMILES string of the molecule is CCCN(CC1CC1)c1cccc(F)c1[C@@H](C)N. The maximum Gasteiger partial charge on any atom is 0.130 e. The molecule has 0 aliphatic heterocycles. The summed E-state index contributed by atoms with van der Waals surface area (Å²) in [6.45, 7) is 6.02. The van der Waals surface area contributed by atoms with Crippen molar-refractivity contribution >= 4 is 5.69 Å². The van der Waals surface area contributed by atoms with E-state index < -0.39 is 0 Å². The Balaban J connectivity index is 2.29. The van der Waals surface area contributed by atoms with Crippen molar-refractivity contribution in [3.05, 3.63) is 29.6 Å². The Bertz CT molecular complexity index is 399. The minimum absolute atomic E-state index is 0.181. The lowest BCUT2D eigenvalue weighted by Crippen LogP contribution is -2.29. The van der Waals surface area contributed by atoms with Gasteiger partial charge in [0.15, 0.2) is 0 Å². The van der Waals surface area contributed by atoms with Crippen LogP contribution >= 0.6 is 0 Å². The molecule has 1 aliphatic rings. The van der Waals surface area contributed by atoms with Gasteiger partial charge in [0.1, 0.15) is 5.82 Å². The zero-order valence-electron chi connectivity index (χ0n) is 11.3. The van der Waals surface area contributed by atoms with Gasteiger partial charge < -0.3 is 10.6 Å². The molecular weight excluding hydrogens is 227 g/mol. The first kappa shape index (κ1) is 13.3. The third-order valence-electron chi connectivity index (χ3n) is 3.49. The van der Waals surface area contributed by atoms with Crippen molar-refractivity contribution in [3.63, 3.8) is 0 Å². The van der Waals surface area contributed by atoms with E-state index >= 15 is 0 Å². The summed E-state index contributed by atoms with van der Waals surface area (Å²) in [6, 6.07) is 5.02. The Morgan fingerprint density at radius 1 is 1.44 bits per heavy atom. The van der Waals surface area contributed by atoms with Crippen LogP contribution in [0.15, 0.2) is 18.2 Å². The number of halogens is 1. The van der Waals surface area contributed by atoms with E-state index in [1.165, 1.54) is 18.9 Å². The quantitative estimate of drug-likeness (QED) is 0.837. The summed E-state index contributed by atoms with van der Waals surface area (Å²) < 4.78 is 13.9. The van der Waals surface area contributed by atoms with E-state index in [1.54, 1.807) is 6.07 Å². The standard InChI is InChI=1S/C15H23FN2/c1-3-9-18(10-12-7-8-12)14-6-4-5-13(16)15(14)11(2)17/h4-6,11-12H,3,7-10,17H2,1-2H3/t11-/m1/s1. The maximum atomic E-state index is 13.9. The van der Waals surface area contributed by atoms with E-state index in [1.807, 2.05) is 13.0 Å². The molecule has 100 valence electrons. The van der Waals surface area contributed by atoms with Crippen molar-refractivity contribution < 1.29 is 4.39 Å². The third-order valence-corrected chi connectivity index (χ3v) is 3.49. The fourth-order valence-corrected chi connectivity index (χ4v) is 2.44. The first-order valence-electron chi connectivity index (χ1n) is 6.92. The molecule has 0 amide bonds. The molecule has 0 aromatic heterocycles. The van der Waals surface area contributed by atoms with Crippen LogP contribution in [0.25, 0.3) is 0 Å². The molecule has 2 N–H and O–H groups in total.